The van der Waals surface area contributed by atoms with Gasteiger partial charge in [-0.25, -0.2) is 0 Å². The molecule has 0 aromatic carbocycles. The number of ether oxygens (including phenoxy) is 1. The fourth-order valence-corrected chi connectivity index (χ4v) is 0.848. The minimum absolute atomic E-state index is 0.508. The van der Waals surface area contributed by atoms with Gasteiger partial charge in [0.05, 0.1) is 11.6 Å². The highest BCUT2D eigenvalue weighted by atomic mass is 35.5. The Hall–Kier alpha value is -0.760. The van der Waals surface area contributed by atoms with Crippen molar-refractivity contribution >= 4 is 11.6 Å². The Bertz CT molecular complexity index is 227. The van der Waals surface area contributed by atoms with Crippen molar-refractivity contribution in [2.75, 3.05) is 12.5 Å². The zero-order valence-electron chi connectivity index (χ0n) is 6.38. The van der Waals surface area contributed by atoms with Gasteiger partial charge in [0.2, 0.25) is 0 Å². The molecule has 0 fully saturated rings. The lowest BCUT2D eigenvalue weighted by Gasteiger charge is -2.04. The summed E-state index contributed by atoms with van der Waals surface area (Å²) < 4.78 is 5.29. The van der Waals surface area contributed by atoms with Crippen LogP contribution in [0.5, 0.6) is 5.75 Å². The van der Waals surface area contributed by atoms with E-state index in [4.69, 9.17) is 16.3 Å². The third-order valence-electron chi connectivity index (χ3n) is 1.29. The van der Waals surface area contributed by atoms with E-state index in [-0.39, 0.29) is 0 Å². The van der Waals surface area contributed by atoms with Crippen LogP contribution in [0.25, 0.3) is 0 Å². The third-order valence-corrected chi connectivity index (χ3v) is 1.45. The van der Waals surface area contributed by atoms with Crippen molar-refractivity contribution in [1.29, 1.82) is 0 Å². The Morgan fingerprint density at radius 3 is 3.09 bits per heavy atom. The molecule has 0 atom stereocenters. The summed E-state index contributed by atoms with van der Waals surface area (Å²) in [5.41, 5.74) is 0.901. The largest absolute Gasteiger partial charge is 0.490 e. The molecule has 0 aliphatic carbocycles. The Labute approximate surface area is 71.2 Å². The van der Waals surface area contributed by atoms with Crippen molar-refractivity contribution in [2.45, 2.75) is 6.92 Å². The van der Waals surface area contributed by atoms with E-state index in [1.54, 1.807) is 6.20 Å². The molecular weight excluding hydrogens is 162 g/mol. The normalized spacial score (nSPS) is 9.64. The van der Waals surface area contributed by atoms with E-state index >= 15 is 0 Å². The molecule has 0 amide bonds. The molecule has 0 aliphatic rings. The van der Waals surface area contributed by atoms with Gasteiger partial charge in [-0.1, -0.05) is 0 Å². The van der Waals surface area contributed by atoms with E-state index in [1.807, 2.05) is 19.1 Å². The van der Waals surface area contributed by atoms with Gasteiger partial charge in [0.15, 0.2) is 0 Å². The number of nitrogens with zero attached hydrogens (tertiary/aromatic N) is 1. The van der Waals surface area contributed by atoms with Gasteiger partial charge in [0, 0.05) is 6.20 Å². The monoisotopic (exact) mass is 171 g/mol. The van der Waals surface area contributed by atoms with Gasteiger partial charge in [0.1, 0.15) is 12.4 Å². The average Bonchev–Trinajstić information content (AvgIpc) is 2.03. The topological polar surface area (TPSA) is 22.1 Å². The highest BCUT2D eigenvalue weighted by Gasteiger charge is 1.96. The standard InChI is InChI=1S/C8H10ClNO/c1-7-8(11-6-4-9)3-2-5-10-7/h2-3,5H,4,6H2,1H3. The molecule has 0 saturated carbocycles. The smallest absolute Gasteiger partial charge is 0.140 e. The van der Waals surface area contributed by atoms with Crippen LogP contribution in [0.4, 0.5) is 0 Å². The Morgan fingerprint density at radius 1 is 1.64 bits per heavy atom. The van der Waals surface area contributed by atoms with Gasteiger partial charge in [-0.15, -0.1) is 11.6 Å². The fourth-order valence-electron chi connectivity index (χ4n) is 0.771. The summed E-state index contributed by atoms with van der Waals surface area (Å²) in [7, 11) is 0. The summed E-state index contributed by atoms with van der Waals surface area (Å²) in [5.74, 6) is 1.32. The number of hydrogen-bond donors (Lipinski definition) is 0. The predicted octanol–water partition coefficient (Wildman–Crippen LogP) is 2.01. The van der Waals surface area contributed by atoms with Gasteiger partial charge >= 0.3 is 0 Å². The maximum Gasteiger partial charge on any atom is 0.140 e. The number of aryl methyl sites for hydroxylation is 1. The summed E-state index contributed by atoms with van der Waals surface area (Å²) in [6.45, 7) is 2.44. The number of halogens is 1. The fraction of sp³-hybridized carbons (Fsp3) is 0.375. The molecule has 0 saturated heterocycles. The molecule has 0 unspecified atom stereocenters. The lowest BCUT2D eigenvalue weighted by Crippen LogP contribution is -1.99. The first-order valence-corrected chi connectivity index (χ1v) is 3.98. The first-order valence-electron chi connectivity index (χ1n) is 3.45. The minimum Gasteiger partial charge on any atom is -0.490 e. The summed E-state index contributed by atoms with van der Waals surface area (Å²) in [6.07, 6.45) is 1.74. The summed E-state index contributed by atoms with van der Waals surface area (Å²) in [6, 6.07) is 3.73. The van der Waals surface area contributed by atoms with Crippen molar-refractivity contribution in [3.05, 3.63) is 24.0 Å². The molecule has 1 aromatic heterocycles. The predicted molar refractivity (Wildman–Crippen MR) is 45.2 cm³/mol. The lowest BCUT2D eigenvalue weighted by atomic mass is 10.3. The van der Waals surface area contributed by atoms with Crippen molar-refractivity contribution in [1.82, 2.24) is 4.98 Å². The van der Waals surface area contributed by atoms with Gasteiger partial charge in [-0.2, -0.15) is 0 Å². The highest BCUT2D eigenvalue weighted by Crippen LogP contribution is 2.12. The van der Waals surface area contributed by atoms with Crippen LogP contribution < -0.4 is 4.74 Å². The summed E-state index contributed by atoms with van der Waals surface area (Å²) in [5, 5.41) is 0. The van der Waals surface area contributed by atoms with Crippen LogP contribution in [0.15, 0.2) is 18.3 Å². The van der Waals surface area contributed by atoms with Crippen LogP contribution in [0.3, 0.4) is 0 Å². The summed E-state index contributed by atoms with van der Waals surface area (Å²) >= 11 is 5.46. The van der Waals surface area contributed by atoms with Gasteiger partial charge in [-0.3, -0.25) is 4.98 Å². The van der Waals surface area contributed by atoms with E-state index in [9.17, 15) is 0 Å². The third kappa shape index (κ3) is 2.39. The van der Waals surface area contributed by atoms with Crippen LogP contribution in [0.2, 0.25) is 0 Å². The Kier molecular flexibility index (Phi) is 3.17. The second-order valence-corrected chi connectivity index (χ2v) is 2.50. The first kappa shape index (κ1) is 8.34. The van der Waals surface area contributed by atoms with Crippen molar-refractivity contribution in [3.8, 4) is 5.75 Å². The van der Waals surface area contributed by atoms with Crippen LogP contribution in [-0.4, -0.2) is 17.5 Å². The Morgan fingerprint density at radius 2 is 2.45 bits per heavy atom. The zero-order valence-corrected chi connectivity index (χ0v) is 7.14. The van der Waals surface area contributed by atoms with Gasteiger partial charge < -0.3 is 4.74 Å². The SMILES string of the molecule is Cc1ncccc1OCCCl. The molecule has 0 aliphatic heterocycles. The first-order chi connectivity index (χ1) is 5.34. The van der Waals surface area contributed by atoms with Crippen LogP contribution in [0.1, 0.15) is 5.69 Å². The quantitative estimate of drug-likeness (QED) is 0.650. The molecule has 0 bridgehead atoms. The molecule has 1 heterocycles. The number of hydrogen-bond acceptors (Lipinski definition) is 2. The highest BCUT2D eigenvalue weighted by molar-refractivity contribution is 6.17. The maximum atomic E-state index is 5.46. The van der Waals surface area contributed by atoms with E-state index in [2.05, 4.69) is 4.98 Å². The molecule has 0 radical (unpaired) electrons. The van der Waals surface area contributed by atoms with Crippen molar-refractivity contribution < 1.29 is 4.74 Å². The van der Waals surface area contributed by atoms with Crippen LogP contribution in [0, 0.1) is 6.92 Å². The van der Waals surface area contributed by atoms with E-state index in [1.165, 1.54) is 0 Å². The van der Waals surface area contributed by atoms with Crippen LogP contribution in [-0.2, 0) is 0 Å². The number of alkyl halides is 1. The zero-order chi connectivity index (χ0) is 8.10. The minimum atomic E-state index is 0.508. The molecular formula is C8H10ClNO. The molecule has 11 heavy (non-hydrogen) atoms. The van der Waals surface area contributed by atoms with Crippen LogP contribution >= 0.6 is 11.6 Å². The molecule has 60 valence electrons. The van der Waals surface area contributed by atoms with Gasteiger partial charge in [-0.05, 0) is 19.1 Å². The van der Waals surface area contributed by atoms with Gasteiger partial charge in [0.25, 0.3) is 0 Å². The molecule has 0 spiro atoms. The van der Waals surface area contributed by atoms with Crippen molar-refractivity contribution in [2.24, 2.45) is 0 Å². The Balaban J connectivity index is 2.62. The second-order valence-electron chi connectivity index (χ2n) is 2.12. The van der Waals surface area contributed by atoms with E-state index < -0.39 is 0 Å². The number of aromatic nitrogens is 1. The molecule has 1 rings (SSSR count). The number of pyridine rings is 1. The molecule has 3 heteroatoms. The van der Waals surface area contributed by atoms with E-state index in [0.29, 0.717) is 12.5 Å². The average molecular weight is 172 g/mol. The molecule has 2 nitrogen and oxygen atoms in total. The number of rotatable bonds is 3. The molecule has 0 N–H and O–H groups in total. The lowest BCUT2D eigenvalue weighted by molar-refractivity contribution is 0.338. The molecule has 1 aromatic rings. The maximum absolute atomic E-state index is 5.46. The van der Waals surface area contributed by atoms with Crippen molar-refractivity contribution in [3.63, 3.8) is 0 Å². The second kappa shape index (κ2) is 4.19. The van der Waals surface area contributed by atoms with E-state index in [0.717, 1.165) is 11.4 Å². The summed E-state index contributed by atoms with van der Waals surface area (Å²) in [4.78, 5) is 4.06.